The third-order valence-corrected chi connectivity index (χ3v) is 2.89. The number of halogens is 2. The second-order valence-electron chi connectivity index (χ2n) is 3.25. The molecule has 18 heavy (non-hydrogen) atoms. The number of nitrogens with one attached hydrogen (secondary N) is 2. The Morgan fingerprint density at radius 1 is 1.61 bits per heavy atom. The number of ether oxygens (including phenoxy) is 1. The van der Waals surface area contributed by atoms with E-state index in [2.05, 4.69) is 15.6 Å². The van der Waals surface area contributed by atoms with Crippen molar-refractivity contribution in [2.45, 2.75) is 6.43 Å². The number of hydrogen-bond donors (Lipinski definition) is 3. The van der Waals surface area contributed by atoms with Crippen molar-refractivity contribution in [1.29, 1.82) is 0 Å². The van der Waals surface area contributed by atoms with E-state index in [4.69, 9.17) is 10.5 Å². The van der Waals surface area contributed by atoms with E-state index in [-0.39, 0.29) is 10.7 Å². The van der Waals surface area contributed by atoms with Crippen molar-refractivity contribution in [2.75, 3.05) is 37.9 Å². The number of hydrogen-bond acceptors (Lipinski definition) is 6. The van der Waals surface area contributed by atoms with Gasteiger partial charge < -0.3 is 21.1 Å². The summed E-state index contributed by atoms with van der Waals surface area (Å²) in [5, 5.41) is 5.42. The van der Waals surface area contributed by atoms with Gasteiger partial charge in [0, 0.05) is 13.7 Å². The van der Waals surface area contributed by atoms with Gasteiger partial charge >= 0.3 is 0 Å². The minimum atomic E-state index is -2.60. The number of alkyl halides is 2. The third-order valence-electron chi connectivity index (χ3n) is 1.86. The van der Waals surface area contributed by atoms with E-state index in [1.54, 1.807) is 7.11 Å². The molecule has 102 valence electrons. The van der Waals surface area contributed by atoms with E-state index in [1.165, 1.54) is 0 Å². The van der Waals surface area contributed by atoms with E-state index in [0.717, 1.165) is 11.3 Å². The monoisotopic (exact) mass is 280 g/mol. The number of aromatic nitrogens is 1. The van der Waals surface area contributed by atoms with E-state index in [9.17, 15) is 13.6 Å². The molecule has 0 spiro atoms. The van der Waals surface area contributed by atoms with E-state index >= 15 is 0 Å². The smallest absolute Gasteiger partial charge is 0.265 e. The van der Waals surface area contributed by atoms with Gasteiger partial charge in [-0.05, 0) is 0 Å². The van der Waals surface area contributed by atoms with Crippen molar-refractivity contribution in [3.63, 3.8) is 0 Å². The highest BCUT2D eigenvalue weighted by Gasteiger charge is 2.17. The normalized spacial score (nSPS) is 10.7. The first kappa shape index (κ1) is 14.6. The Balaban J connectivity index is 2.57. The molecule has 0 radical (unpaired) electrons. The van der Waals surface area contributed by atoms with E-state index in [1.807, 2.05) is 0 Å². The molecule has 0 atom stereocenters. The predicted octanol–water partition coefficient (Wildman–Crippen LogP) is 0.778. The van der Waals surface area contributed by atoms with E-state index in [0.29, 0.717) is 18.3 Å². The number of thiazole rings is 1. The molecule has 0 saturated carbocycles. The van der Waals surface area contributed by atoms with Crippen LogP contribution in [0.1, 0.15) is 9.67 Å². The van der Waals surface area contributed by atoms with Gasteiger partial charge in [0.2, 0.25) is 0 Å². The summed E-state index contributed by atoms with van der Waals surface area (Å²) in [6.07, 6.45) is -2.60. The standard InChI is InChI=1S/C9H14F2N4O2S/c1-17-3-2-13-9-15-7(12)6(18-9)8(16)14-4-5(10)11/h5H,2-4,12H2,1H3,(H,13,15)(H,14,16). The van der Waals surface area contributed by atoms with Crippen molar-refractivity contribution in [3.05, 3.63) is 4.88 Å². The molecule has 0 saturated heterocycles. The molecule has 0 unspecified atom stereocenters. The van der Waals surface area contributed by atoms with Crippen LogP contribution in [0.4, 0.5) is 19.7 Å². The van der Waals surface area contributed by atoms with Crippen LogP contribution in [0.15, 0.2) is 0 Å². The summed E-state index contributed by atoms with van der Waals surface area (Å²) in [5.74, 6) is -0.628. The highest BCUT2D eigenvalue weighted by Crippen LogP contribution is 2.24. The molecule has 1 aromatic heterocycles. The Morgan fingerprint density at radius 2 is 2.33 bits per heavy atom. The SMILES string of the molecule is COCCNc1nc(N)c(C(=O)NCC(F)F)s1. The number of nitrogen functional groups attached to an aromatic ring is 1. The van der Waals surface area contributed by atoms with Crippen molar-refractivity contribution in [1.82, 2.24) is 10.3 Å². The van der Waals surface area contributed by atoms with Gasteiger partial charge in [-0.1, -0.05) is 11.3 Å². The van der Waals surface area contributed by atoms with Crippen LogP contribution in [0.25, 0.3) is 0 Å². The maximum Gasteiger partial charge on any atom is 0.265 e. The highest BCUT2D eigenvalue weighted by molar-refractivity contribution is 7.18. The van der Waals surface area contributed by atoms with Crippen LogP contribution in [0.5, 0.6) is 0 Å². The average Bonchev–Trinajstić information content (AvgIpc) is 2.68. The van der Waals surface area contributed by atoms with Gasteiger partial charge in [-0.2, -0.15) is 0 Å². The molecule has 0 aromatic carbocycles. The van der Waals surface area contributed by atoms with Crippen LogP contribution in [0.2, 0.25) is 0 Å². The van der Waals surface area contributed by atoms with Crippen molar-refractivity contribution < 1.29 is 18.3 Å². The first-order valence-corrected chi connectivity index (χ1v) is 5.91. The zero-order valence-corrected chi connectivity index (χ0v) is 10.5. The summed E-state index contributed by atoms with van der Waals surface area (Å²) < 4.78 is 28.7. The number of nitrogens with two attached hydrogens (primary N) is 1. The maximum absolute atomic E-state index is 11.9. The Kier molecular flexibility index (Phi) is 5.72. The molecule has 1 amide bonds. The molecule has 1 rings (SSSR count). The first-order valence-electron chi connectivity index (χ1n) is 5.10. The summed E-state index contributed by atoms with van der Waals surface area (Å²) in [5.41, 5.74) is 5.53. The van der Waals surface area contributed by atoms with Gasteiger partial charge in [0.15, 0.2) is 5.13 Å². The predicted molar refractivity (Wildman–Crippen MR) is 65.2 cm³/mol. The first-order chi connectivity index (χ1) is 8.54. The molecule has 9 heteroatoms. The molecule has 1 aromatic rings. The lowest BCUT2D eigenvalue weighted by atomic mass is 10.4. The number of nitrogens with zero attached hydrogens (tertiary/aromatic N) is 1. The van der Waals surface area contributed by atoms with Crippen LogP contribution >= 0.6 is 11.3 Å². The summed E-state index contributed by atoms with van der Waals surface area (Å²) in [6, 6.07) is 0. The Bertz CT molecular complexity index is 400. The van der Waals surface area contributed by atoms with E-state index < -0.39 is 18.9 Å². The van der Waals surface area contributed by atoms with Gasteiger partial charge in [-0.3, -0.25) is 4.79 Å². The summed E-state index contributed by atoms with van der Waals surface area (Å²) in [6.45, 7) is 0.288. The molecule has 0 bridgehead atoms. The third kappa shape index (κ3) is 4.41. The van der Waals surface area contributed by atoms with Crippen molar-refractivity contribution >= 4 is 28.2 Å². The average molecular weight is 280 g/mol. The van der Waals surface area contributed by atoms with Crippen LogP contribution in [0.3, 0.4) is 0 Å². The fourth-order valence-electron chi connectivity index (χ4n) is 1.08. The number of carbonyl (C=O) groups is 1. The van der Waals surface area contributed by atoms with Crippen LogP contribution in [0, 0.1) is 0 Å². The molecule has 0 fully saturated rings. The number of rotatable bonds is 7. The van der Waals surface area contributed by atoms with Gasteiger partial charge in [-0.15, -0.1) is 0 Å². The lowest BCUT2D eigenvalue weighted by Crippen LogP contribution is -2.28. The molecule has 0 aliphatic heterocycles. The maximum atomic E-state index is 11.9. The Labute approximate surface area is 107 Å². The quantitative estimate of drug-likeness (QED) is 0.642. The number of amides is 1. The molecular weight excluding hydrogens is 266 g/mol. The topological polar surface area (TPSA) is 89.3 Å². The zero-order valence-electron chi connectivity index (χ0n) is 9.70. The van der Waals surface area contributed by atoms with Crippen molar-refractivity contribution in [2.24, 2.45) is 0 Å². The molecule has 1 heterocycles. The Hall–Kier alpha value is -1.48. The van der Waals surface area contributed by atoms with Gasteiger partial charge in [0.25, 0.3) is 12.3 Å². The lowest BCUT2D eigenvalue weighted by molar-refractivity contribution is 0.0896. The van der Waals surface area contributed by atoms with Gasteiger partial charge in [0.05, 0.1) is 13.2 Å². The summed E-state index contributed by atoms with van der Waals surface area (Å²) in [7, 11) is 1.56. The lowest BCUT2D eigenvalue weighted by Gasteiger charge is -2.01. The van der Waals surface area contributed by atoms with Crippen LogP contribution in [-0.2, 0) is 4.74 Å². The van der Waals surface area contributed by atoms with Crippen LogP contribution in [-0.4, -0.2) is 44.1 Å². The number of anilines is 2. The minimum Gasteiger partial charge on any atom is -0.383 e. The van der Waals surface area contributed by atoms with Crippen LogP contribution < -0.4 is 16.4 Å². The fourth-order valence-corrected chi connectivity index (χ4v) is 1.91. The van der Waals surface area contributed by atoms with Crippen molar-refractivity contribution in [3.8, 4) is 0 Å². The molecule has 4 N–H and O–H groups in total. The summed E-state index contributed by atoms with van der Waals surface area (Å²) >= 11 is 1.01. The molecule has 0 aliphatic carbocycles. The largest absolute Gasteiger partial charge is 0.383 e. The summed E-state index contributed by atoms with van der Waals surface area (Å²) in [4.78, 5) is 15.5. The zero-order chi connectivity index (χ0) is 13.5. The molecular formula is C9H14F2N4O2S. The second-order valence-corrected chi connectivity index (χ2v) is 4.25. The van der Waals surface area contributed by atoms with Gasteiger partial charge in [0.1, 0.15) is 10.7 Å². The fraction of sp³-hybridized carbons (Fsp3) is 0.556. The number of carbonyl (C=O) groups excluding carboxylic acids is 1. The second kappa shape index (κ2) is 7.07. The Morgan fingerprint density at radius 3 is 2.94 bits per heavy atom. The number of methoxy groups -OCH3 is 1. The minimum absolute atomic E-state index is 0.0201. The molecule has 0 aliphatic rings. The molecule has 6 nitrogen and oxygen atoms in total. The van der Waals surface area contributed by atoms with Gasteiger partial charge in [-0.25, -0.2) is 13.8 Å². The highest BCUT2D eigenvalue weighted by atomic mass is 32.1.